The summed E-state index contributed by atoms with van der Waals surface area (Å²) in [5, 5.41) is 8.79. The van der Waals surface area contributed by atoms with Gasteiger partial charge < -0.3 is 4.74 Å². The molecular formula is C18H22N4O3. The van der Waals surface area contributed by atoms with Gasteiger partial charge in [-0.25, -0.2) is 5.43 Å². The Morgan fingerprint density at radius 3 is 2.76 bits per heavy atom. The summed E-state index contributed by atoms with van der Waals surface area (Å²) in [4.78, 5) is 23.9. The van der Waals surface area contributed by atoms with Crippen LogP contribution in [-0.2, 0) is 11.2 Å². The van der Waals surface area contributed by atoms with Crippen molar-refractivity contribution < 1.29 is 14.3 Å². The molecule has 7 heteroatoms. The zero-order valence-corrected chi connectivity index (χ0v) is 14.9. The van der Waals surface area contributed by atoms with Crippen LogP contribution in [0.4, 0.5) is 0 Å². The molecule has 132 valence electrons. The maximum atomic E-state index is 12.4. The minimum absolute atomic E-state index is 0.000451. The van der Waals surface area contributed by atoms with Crippen molar-refractivity contribution in [2.45, 2.75) is 40.0 Å². The van der Waals surface area contributed by atoms with E-state index in [1.165, 1.54) is 0 Å². The lowest BCUT2D eigenvalue weighted by atomic mass is 9.92. The van der Waals surface area contributed by atoms with Crippen LogP contribution in [0.15, 0.2) is 17.2 Å². The number of nitrogens with one attached hydrogen (secondary N) is 1. The van der Waals surface area contributed by atoms with Gasteiger partial charge in [-0.3, -0.25) is 9.59 Å². The molecular weight excluding hydrogens is 320 g/mol. The number of Topliss-reactive ketones (excluding diaryl/α,β-unsaturated/α-hetero) is 1. The van der Waals surface area contributed by atoms with Gasteiger partial charge in [0.2, 0.25) is 11.8 Å². The van der Waals surface area contributed by atoms with Gasteiger partial charge in [-0.15, -0.1) is 0 Å². The van der Waals surface area contributed by atoms with E-state index in [9.17, 15) is 9.59 Å². The first kappa shape index (κ1) is 17.1. The van der Waals surface area contributed by atoms with Crippen LogP contribution in [0, 0.1) is 5.92 Å². The number of hydrazone groups is 1. The monoisotopic (exact) mass is 342 g/mol. The fourth-order valence-electron chi connectivity index (χ4n) is 3.26. The normalized spacial score (nSPS) is 17.4. The molecule has 0 bridgehead atoms. The Morgan fingerprint density at radius 1 is 1.40 bits per heavy atom. The van der Waals surface area contributed by atoms with Crippen LogP contribution in [0.1, 0.15) is 55.2 Å². The first-order valence-corrected chi connectivity index (χ1v) is 8.50. The van der Waals surface area contributed by atoms with Crippen LogP contribution >= 0.6 is 0 Å². The summed E-state index contributed by atoms with van der Waals surface area (Å²) in [6.45, 7) is 5.80. The Bertz CT molecular complexity index is 882. The molecule has 0 saturated heterocycles. The number of aryl methyl sites for hydroxylation is 1. The highest BCUT2D eigenvalue weighted by atomic mass is 16.5. The number of hydrogen-bond acceptors (Lipinski definition) is 5. The molecule has 1 aliphatic heterocycles. The first-order chi connectivity index (χ1) is 12.0. The molecule has 2 aromatic rings. The molecule has 7 nitrogen and oxygen atoms in total. The van der Waals surface area contributed by atoms with Crippen molar-refractivity contribution in [2.75, 3.05) is 7.11 Å². The number of aromatic nitrogens is 2. The third-order valence-corrected chi connectivity index (χ3v) is 4.52. The highest BCUT2D eigenvalue weighted by molar-refractivity contribution is 6.11. The number of carbonyl (C=O) groups excluding carboxylic acids is 2. The number of carbonyl (C=O) groups is 2. The molecule has 1 amide bonds. The van der Waals surface area contributed by atoms with E-state index in [4.69, 9.17) is 4.74 Å². The van der Waals surface area contributed by atoms with Gasteiger partial charge in [-0.05, 0) is 12.5 Å². The Balaban J connectivity index is 2.32. The van der Waals surface area contributed by atoms with Gasteiger partial charge in [0.25, 0.3) is 0 Å². The maximum Gasteiger partial charge on any atom is 0.240 e. The van der Waals surface area contributed by atoms with E-state index in [0.717, 1.165) is 22.4 Å². The Kier molecular flexibility index (Phi) is 4.57. The fourth-order valence-corrected chi connectivity index (χ4v) is 3.26. The number of nitrogens with zero attached hydrogens (tertiary/aromatic N) is 3. The van der Waals surface area contributed by atoms with Crippen LogP contribution in [0.25, 0.3) is 5.52 Å². The lowest BCUT2D eigenvalue weighted by molar-refractivity contribution is -0.121. The first-order valence-electron chi connectivity index (χ1n) is 8.50. The zero-order valence-electron chi connectivity index (χ0n) is 14.9. The number of rotatable bonds is 5. The average Bonchev–Trinajstić information content (AvgIpc) is 3.00. The van der Waals surface area contributed by atoms with Crippen molar-refractivity contribution in [1.29, 1.82) is 0 Å². The Morgan fingerprint density at radius 2 is 2.16 bits per heavy atom. The highest BCUT2D eigenvalue weighted by Crippen LogP contribution is 2.29. The topological polar surface area (TPSA) is 85.1 Å². The lowest BCUT2D eigenvalue weighted by Crippen LogP contribution is -2.32. The van der Waals surface area contributed by atoms with E-state index in [1.54, 1.807) is 17.7 Å². The van der Waals surface area contributed by atoms with Crippen molar-refractivity contribution in [3.8, 4) is 5.88 Å². The van der Waals surface area contributed by atoms with Crippen LogP contribution in [0.5, 0.6) is 5.88 Å². The number of pyridine rings is 1. The molecule has 1 N–H and O–H groups in total. The highest BCUT2D eigenvalue weighted by Gasteiger charge is 2.27. The summed E-state index contributed by atoms with van der Waals surface area (Å²) in [7, 11) is 1.57. The van der Waals surface area contributed by atoms with E-state index >= 15 is 0 Å². The third-order valence-electron chi connectivity index (χ3n) is 4.52. The maximum absolute atomic E-state index is 12.4. The second kappa shape index (κ2) is 6.66. The van der Waals surface area contributed by atoms with Crippen molar-refractivity contribution in [2.24, 2.45) is 11.0 Å². The van der Waals surface area contributed by atoms with Gasteiger partial charge in [-0.2, -0.15) is 14.7 Å². The third kappa shape index (κ3) is 2.79. The molecule has 0 saturated carbocycles. The van der Waals surface area contributed by atoms with Crippen LogP contribution in [-0.4, -0.2) is 34.1 Å². The molecule has 0 radical (unpaired) electrons. The van der Waals surface area contributed by atoms with Crippen molar-refractivity contribution in [3.05, 3.63) is 29.0 Å². The Labute approximate surface area is 146 Å². The molecule has 3 heterocycles. The molecule has 3 rings (SSSR count). The van der Waals surface area contributed by atoms with E-state index in [2.05, 4.69) is 15.6 Å². The van der Waals surface area contributed by atoms with Crippen molar-refractivity contribution >= 4 is 22.9 Å². The molecule has 0 fully saturated rings. The van der Waals surface area contributed by atoms with Crippen LogP contribution < -0.4 is 10.2 Å². The molecule has 1 atom stereocenters. The second-order valence-electron chi connectivity index (χ2n) is 6.14. The van der Waals surface area contributed by atoms with E-state index in [1.807, 2.05) is 26.8 Å². The molecule has 0 aliphatic carbocycles. The molecule has 1 aliphatic rings. The summed E-state index contributed by atoms with van der Waals surface area (Å²) in [6, 6.07) is 3.72. The number of ether oxygens (including phenoxy) is 1. The summed E-state index contributed by atoms with van der Waals surface area (Å²) in [5.41, 5.74) is 6.39. The standard InChI is InChI=1S/C18H22N4O3/c1-5-11-17(13(23)6-2)21-22-15(25-4)8-7-12(18(11)22)16-10(3)9-14(24)19-20-16/h7-8,10H,5-6,9H2,1-4H3,(H,19,24). The molecule has 0 spiro atoms. The van der Waals surface area contributed by atoms with E-state index < -0.39 is 0 Å². The Hall–Kier alpha value is -2.70. The summed E-state index contributed by atoms with van der Waals surface area (Å²) in [5.74, 6) is 0.444. The smallest absolute Gasteiger partial charge is 0.240 e. The fraction of sp³-hybridized carbons (Fsp3) is 0.444. The lowest BCUT2D eigenvalue weighted by Gasteiger charge is -2.20. The number of ketones is 1. The number of amides is 1. The van der Waals surface area contributed by atoms with E-state index in [-0.39, 0.29) is 17.6 Å². The molecule has 25 heavy (non-hydrogen) atoms. The number of methoxy groups -OCH3 is 1. The van der Waals surface area contributed by atoms with Crippen LogP contribution in [0.3, 0.4) is 0 Å². The predicted molar refractivity (Wildman–Crippen MR) is 94.2 cm³/mol. The van der Waals surface area contributed by atoms with Crippen molar-refractivity contribution in [1.82, 2.24) is 15.0 Å². The van der Waals surface area contributed by atoms with Gasteiger partial charge in [0, 0.05) is 36.0 Å². The SMILES string of the molecule is CCC(=O)c1nn2c(OC)ccc(C3=NNC(=O)CC3C)c2c1CC. The minimum atomic E-state index is -0.0909. The molecule has 0 aromatic carbocycles. The summed E-state index contributed by atoms with van der Waals surface area (Å²) >= 11 is 0. The van der Waals surface area contributed by atoms with E-state index in [0.29, 0.717) is 30.8 Å². The second-order valence-corrected chi connectivity index (χ2v) is 6.14. The van der Waals surface area contributed by atoms with Gasteiger partial charge in [0.15, 0.2) is 5.78 Å². The number of fused-ring (bicyclic) bond motifs is 1. The largest absolute Gasteiger partial charge is 0.481 e. The number of hydrogen-bond donors (Lipinski definition) is 1. The summed E-state index contributed by atoms with van der Waals surface area (Å²) in [6.07, 6.45) is 1.44. The van der Waals surface area contributed by atoms with Gasteiger partial charge in [0.1, 0.15) is 5.69 Å². The molecule has 1 unspecified atom stereocenters. The predicted octanol–water partition coefficient (Wildman–Crippen LogP) is 2.36. The zero-order chi connectivity index (χ0) is 18.1. The van der Waals surface area contributed by atoms with Gasteiger partial charge in [0.05, 0.1) is 18.3 Å². The van der Waals surface area contributed by atoms with Gasteiger partial charge >= 0.3 is 0 Å². The molecule has 2 aromatic heterocycles. The van der Waals surface area contributed by atoms with Gasteiger partial charge in [-0.1, -0.05) is 20.8 Å². The van der Waals surface area contributed by atoms with Crippen LogP contribution in [0.2, 0.25) is 0 Å². The quantitative estimate of drug-likeness (QED) is 0.845. The minimum Gasteiger partial charge on any atom is -0.481 e. The average molecular weight is 342 g/mol. The van der Waals surface area contributed by atoms with Crippen molar-refractivity contribution in [3.63, 3.8) is 0 Å². The summed E-state index contributed by atoms with van der Waals surface area (Å²) < 4.78 is 7.09.